The van der Waals surface area contributed by atoms with Crippen LogP contribution >= 0.6 is 23.2 Å². The average Bonchev–Trinajstić information content (AvgIpc) is 3.68. The third kappa shape index (κ3) is 8.48. The number of aromatic amines is 1. The normalized spacial score (nSPS) is 15.8. The maximum atomic E-state index is 13.4. The lowest BCUT2D eigenvalue weighted by atomic mass is 9.95. The van der Waals surface area contributed by atoms with Crippen molar-refractivity contribution in [3.05, 3.63) is 93.0 Å². The zero-order chi connectivity index (χ0) is 33.2. The van der Waals surface area contributed by atoms with Crippen molar-refractivity contribution in [3.63, 3.8) is 0 Å². The Labute approximate surface area is 276 Å². The van der Waals surface area contributed by atoms with Gasteiger partial charge in [-0.2, -0.15) is 0 Å². The lowest BCUT2D eigenvalue weighted by Crippen LogP contribution is -2.49. The van der Waals surface area contributed by atoms with Crippen LogP contribution in [-0.4, -0.2) is 59.3 Å². The highest BCUT2D eigenvalue weighted by molar-refractivity contribution is 6.38. The van der Waals surface area contributed by atoms with Gasteiger partial charge in [0, 0.05) is 34.5 Å². The highest BCUT2D eigenvalue weighted by atomic mass is 35.5. The number of carbonyl (C=O) groups is 1. The number of fused-ring (bicyclic) bond motifs is 1. The largest absolute Gasteiger partial charge is 0.379 e. The Hall–Kier alpha value is -4.77. The van der Waals surface area contributed by atoms with E-state index in [4.69, 9.17) is 23.2 Å². The molecule has 5 N–H and O–H groups in total. The predicted octanol–water partition coefficient (Wildman–Crippen LogP) is 3.92. The van der Waals surface area contributed by atoms with Crippen molar-refractivity contribution >= 4 is 63.8 Å². The molecule has 1 aliphatic rings. The first-order valence-electron chi connectivity index (χ1n) is 14.7. The number of hydrogen-bond donors (Lipinski definition) is 5. The summed E-state index contributed by atoms with van der Waals surface area (Å²) in [6.07, 6.45) is 2.46. The number of amides is 1. The molecule has 3 unspecified atom stereocenters. The summed E-state index contributed by atoms with van der Waals surface area (Å²) in [6.45, 7) is 4.24. The Kier molecular flexibility index (Phi) is 11.9. The first kappa shape index (κ1) is 34.1. The number of H-pyrrole nitrogens is 1. The molecule has 0 radical (unpaired) electrons. The topological polar surface area (TPSA) is 149 Å². The van der Waals surface area contributed by atoms with Crippen molar-refractivity contribution in [2.24, 2.45) is 11.8 Å². The van der Waals surface area contributed by atoms with Crippen LogP contribution in [0.15, 0.2) is 71.7 Å². The Balaban J connectivity index is 1.60. The molecule has 1 aliphatic heterocycles. The van der Waals surface area contributed by atoms with Gasteiger partial charge in [-0.25, -0.2) is 19.2 Å². The highest BCUT2D eigenvalue weighted by Crippen LogP contribution is 2.29. The van der Waals surface area contributed by atoms with Gasteiger partial charge in [-0.15, -0.1) is 0 Å². The third-order valence-electron chi connectivity index (χ3n) is 7.82. The smallest absolute Gasteiger partial charge is 0.268 e. The van der Waals surface area contributed by atoms with E-state index in [1.54, 1.807) is 24.1 Å². The lowest BCUT2D eigenvalue weighted by Gasteiger charge is -2.29. The molecule has 0 saturated carbocycles. The van der Waals surface area contributed by atoms with Crippen LogP contribution in [-0.2, 0) is 25.6 Å². The van der Waals surface area contributed by atoms with Crippen LogP contribution in [0.1, 0.15) is 42.7 Å². The van der Waals surface area contributed by atoms with Crippen LogP contribution < -0.4 is 21.3 Å². The lowest BCUT2D eigenvalue weighted by molar-refractivity contribution is 0.0928. The van der Waals surface area contributed by atoms with Gasteiger partial charge in [0.25, 0.3) is 5.91 Å². The molecule has 1 fully saturated rings. The molecule has 0 bridgehead atoms. The van der Waals surface area contributed by atoms with E-state index in [2.05, 4.69) is 26.3 Å². The minimum Gasteiger partial charge on any atom is -0.379 e. The third-order valence-corrected chi connectivity index (χ3v) is 8.35. The first-order valence-corrected chi connectivity index (χ1v) is 15.5. The van der Waals surface area contributed by atoms with Gasteiger partial charge in [-0.05, 0) is 48.9 Å². The summed E-state index contributed by atoms with van der Waals surface area (Å²) in [4.78, 5) is 64.1. The van der Waals surface area contributed by atoms with Gasteiger partial charge < -0.3 is 26.3 Å². The minimum atomic E-state index is -0.839. The average molecular weight is 663 g/mol. The minimum absolute atomic E-state index is 0.00432. The molecule has 1 amide bonds. The summed E-state index contributed by atoms with van der Waals surface area (Å²) in [6, 6.07) is 11.7. The number of aromatic nitrogens is 1. The van der Waals surface area contributed by atoms with Crippen molar-refractivity contribution in [1.29, 1.82) is 0 Å². The second kappa shape index (κ2) is 16.0. The van der Waals surface area contributed by atoms with Gasteiger partial charge >= 0.3 is 0 Å². The summed E-state index contributed by atoms with van der Waals surface area (Å²) in [5.41, 5.74) is 2.07. The number of halogens is 2. The van der Waals surface area contributed by atoms with Crippen LogP contribution in [0.2, 0.25) is 10.0 Å². The second-order valence-corrected chi connectivity index (χ2v) is 12.2. The molecule has 12 heteroatoms. The quantitative estimate of drug-likeness (QED) is 0.163. The molecule has 4 rings (SSSR count). The number of allylic oxidation sites excluding steroid dienone is 1. The van der Waals surface area contributed by atoms with Crippen LogP contribution in [0.25, 0.3) is 10.9 Å². The SMILES string of the molecule is CC(C)C(NC(=O)c1cc2c(Cl)cc(Cl)cc2[nH]1)C(=C=O)NC(Cc1ccccc1)C(=C=O)NC(C=C=O)C[C@@H]1CCNC1=C=O. The Morgan fingerprint density at radius 3 is 2.39 bits per heavy atom. The maximum Gasteiger partial charge on any atom is 0.268 e. The summed E-state index contributed by atoms with van der Waals surface area (Å²) in [5.74, 6) is 6.56. The van der Waals surface area contributed by atoms with Gasteiger partial charge in [-0.1, -0.05) is 67.4 Å². The van der Waals surface area contributed by atoms with Crippen molar-refractivity contribution in [2.75, 3.05) is 6.54 Å². The Morgan fingerprint density at radius 2 is 1.74 bits per heavy atom. The van der Waals surface area contributed by atoms with Crippen LogP contribution in [0.5, 0.6) is 0 Å². The fourth-order valence-electron chi connectivity index (χ4n) is 5.50. The number of nitrogens with one attached hydrogen (secondary N) is 5. The van der Waals surface area contributed by atoms with E-state index < -0.39 is 24.0 Å². The van der Waals surface area contributed by atoms with Crippen molar-refractivity contribution in [3.8, 4) is 0 Å². The van der Waals surface area contributed by atoms with E-state index >= 15 is 0 Å². The molecule has 0 spiro atoms. The number of carbonyl (C=O) groups excluding carboxylic acids is 5. The monoisotopic (exact) mass is 661 g/mol. The van der Waals surface area contributed by atoms with Gasteiger partial charge in [-0.3, -0.25) is 4.79 Å². The number of rotatable bonds is 14. The zero-order valence-electron chi connectivity index (χ0n) is 25.2. The van der Waals surface area contributed by atoms with E-state index in [9.17, 15) is 24.0 Å². The van der Waals surface area contributed by atoms with Gasteiger partial charge in [0.2, 0.25) is 0 Å². The highest BCUT2D eigenvalue weighted by Gasteiger charge is 2.30. The van der Waals surface area contributed by atoms with Crippen molar-refractivity contribution in [1.82, 2.24) is 26.3 Å². The first-order chi connectivity index (χ1) is 22.2. The Bertz CT molecular complexity index is 1780. The molecule has 46 heavy (non-hydrogen) atoms. The summed E-state index contributed by atoms with van der Waals surface area (Å²) in [5, 5.41) is 13.5. The van der Waals surface area contributed by atoms with E-state index in [1.165, 1.54) is 6.08 Å². The summed E-state index contributed by atoms with van der Waals surface area (Å²) < 4.78 is 0. The molecule has 3 aromatic rings. The van der Waals surface area contributed by atoms with Gasteiger partial charge in [0.05, 0.1) is 28.8 Å². The molecule has 10 nitrogen and oxygen atoms in total. The van der Waals surface area contributed by atoms with E-state index in [1.807, 2.05) is 62.0 Å². The molecule has 4 atom stereocenters. The van der Waals surface area contributed by atoms with Gasteiger partial charge in [0.15, 0.2) is 0 Å². The fraction of sp³-hybridized carbons (Fsp3) is 0.324. The summed E-state index contributed by atoms with van der Waals surface area (Å²) in [7, 11) is 0. The standard InChI is InChI=1S/C34H33Cl2N5O5/c1-20(2)33(41-34(46)29-16-25-26(36)14-23(35)15-27(25)39-29)32(19-45)40-28(12-21-6-4-3-5-7-21)31(18-44)38-24(9-11-42)13-22-8-10-37-30(22)17-43/h3-7,9,14-16,20,22,24,28,33,37-40H,8,10,12-13H2,1-2H3,(H,41,46)/t22-,24?,28?,33?/m0/s1. The van der Waals surface area contributed by atoms with E-state index in [-0.39, 0.29) is 35.3 Å². The predicted molar refractivity (Wildman–Crippen MR) is 177 cm³/mol. The molecule has 1 saturated heterocycles. The molecular weight excluding hydrogens is 629 g/mol. The van der Waals surface area contributed by atoms with Crippen LogP contribution in [0.3, 0.4) is 0 Å². The Morgan fingerprint density at radius 1 is 1.00 bits per heavy atom. The molecular formula is C34H33Cl2N5O5. The van der Waals surface area contributed by atoms with E-state index in [0.29, 0.717) is 46.0 Å². The maximum absolute atomic E-state index is 13.4. The second-order valence-electron chi connectivity index (χ2n) is 11.3. The molecule has 1 aromatic heterocycles. The molecule has 2 aromatic carbocycles. The molecule has 0 aliphatic carbocycles. The number of hydrogen-bond acceptors (Lipinski definition) is 8. The molecule has 2 heterocycles. The molecule has 238 valence electrons. The fourth-order valence-corrected chi connectivity index (χ4v) is 6.05. The number of benzene rings is 2. The van der Waals surface area contributed by atoms with Crippen LogP contribution in [0.4, 0.5) is 0 Å². The van der Waals surface area contributed by atoms with Crippen LogP contribution in [0, 0.1) is 11.8 Å². The summed E-state index contributed by atoms with van der Waals surface area (Å²) >= 11 is 12.4. The van der Waals surface area contributed by atoms with Gasteiger partial charge in [0.1, 0.15) is 40.9 Å². The zero-order valence-corrected chi connectivity index (χ0v) is 26.7. The van der Waals surface area contributed by atoms with Crippen molar-refractivity contribution < 1.29 is 24.0 Å². The van der Waals surface area contributed by atoms with E-state index in [0.717, 1.165) is 5.56 Å². The van der Waals surface area contributed by atoms with Crippen molar-refractivity contribution in [2.45, 2.75) is 51.2 Å².